The second-order valence-corrected chi connectivity index (χ2v) is 8.97. The van der Waals surface area contributed by atoms with Gasteiger partial charge in [-0.15, -0.1) is 0 Å². The number of nitrogens with zero attached hydrogens (tertiary/aromatic N) is 5. The van der Waals surface area contributed by atoms with E-state index in [4.69, 9.17) is 14.8 Å². The molecule has 1 saturated carbocycles. The third kappa shape index (κ3) is 3.61. The summed E-state index contributed by atoms with van der Waals surface area (Å²) in [6.45, 7) is 2.40. The van der Waals surface area contributed by atoms with Crippen molar-refractivity contribution in [3.05, 3.63) is 36.2 Å². The fourth-order valence-corrected chi connectivity index (χ4v) is 5.36. The van der Waals surface area contributed by atoms with Crippen LogP contribution in [0, 0.1) is 18.7 Å². The first-order chi connectivity index (χ1) is 16.9. The minimum absolute atomic E-state index is 0.0905. The fourth-order valence-electron chi connectivity index (χ4n) is 5.36. The normalized spacial score (nSPS) is 21.1. The number of carbonyl (C=O) groups is 1. The van der Waals surface area contributed by atoms with E-state index in [9.17, 15) is 9.18 Å². The largest absolute Gasteiger partial charge is 0.465 e. The highest BCUT2D eigenvalue weighted by Gasteiger charge is 2.46. The van der Waals surface area contributed by atoms with E-state index < -0.39 is 6.09 Å². The lowest BCUT2D eigenvalue weighted by Crippen LogP contribution is -2.45. The van der Waals surface area contributed by atoms with Gasteiger partial charge in [-0.05, 0) is 37.8 Å². The Bertz CT molecular complexity index is 1460. The summed E-state index contributed by atoms with van der Waals surface area (Å²) < 4.78 is 20.4. The average Bonchev–Trinajstić information content (AvgIpc) is 3.51. The Morgan fingerprint density at radius 1 is 1.26 bits per heavy atom. The molecule has 1 amide bonds. The Labute approximate surface area is 198 Å². The van der Waals surface area contributed by atoms with Crippen molar-refractivity contribution in [1.82, 2.24) is 30.2 Å². The lowest BCUT2D eigenvalue weighted by Gasteiger charge is -2.32. The molecule has 0 spiro atoms. The number of aromatic amines is 1. The number of aryl methyl sites for hydroxylation is 1. The summed E-state index contributed by atoms with van der Waals surface area (Å²) in [6, 6.07) is 3.00. The van der Waals surface area contributed by atoms with E-state index in [0.717, 1.165) is 6.42 Å². The Morgan fingerprint density at radius 3 is 2.74 bits per heavy atom. The third-order valence-electron chi connectivity index (χ3n) is 6.84. The zero-order chi connectivity index (χ0) is 24.3. The Kier molecular flexibility index (Phi) is 4.83. The smallest absolute Gasteiger partial charge is 0.404 e. The molecule has 12 heteroatoms. The van der Waals surface area contributed by atoms with E-state index in [0.29, 0.717) is 58.0 Å². The quantitative estimate of drug-likeness (QED) is 0.339. The minimum atomic E-state index is -1.01. The maximum atomic E-state index is 14.5. The highest BCUT2D eigenvalue weighted by Crippen LogP contribution is 2.44. The first kappa shape index (κ1) is 21.3. The Morgan fingerprint density at radius 2 is 2.06 bits per heavy atom. The molecule has 180 valence electrons. The SMILES string of the molecule is CNc1cc(F)cc2c1[nH]c1nc(Oc3cnc(C)nc3)nc(N3C[C@H]4C[C@@H]3C[C@H]4NC(=O)O)c12. The molecule has 2 fully saturated rings. The number of carboxylic acid groups (broad SMARTS) is 1. The van der Waals surface area contributed by atoms with E-state index in [1.165, 1.54) is 12.1 Å². The zero-order valence-electron chi connectivity index (χ0n) is 19.0. The lowest BCUT2D eigenvalue weighted by atomic mass is 10.0. The van der Waals surface area contributed by atoms with E-state index in [2.05, 4.69) is 35.5 Å². The number of hydrogen-bond acceptors (Lipinski definition) is 8. The van der Waals surface area contributed by atoms with Gasteiger partial charge in [0.05, 0.1) is 29.0 Å². The monoisotopic (exact) mass is 478 g/mol. The summed E-state index contributed by atoms with van der Waals surface area (Å²) in [5.74, 6) is 1.42. The number of piperidine rings is 1. The molecule has 4 aromatic rings. The van der Waals surface area contributed by atoms with Gasteiger partial charge in [0.25, 0.3) is 0 Å². The predicted octanol–water partition coefficient (Wildman–Crippen LogP) is 3.42. The van der Waals surface area contributed by atoms with Gasteiger partial charge < -0.3 is 30.4 Å². The molecule has 3 aromatic heterocycles. The van der Waals surface area contributed by atoms with Crippen LogP contribution < -0.4 is 20.3 Å². The van der Waals surface area contributed by atoms with Crippen LogP contribution in [0.2, 0.25) is 0 Å². The number of rotatable bonds is 5. The van der Waals surface area contributed by atoms with E-state index in [1.54, 1.807) is 26.4 Å². The molecule has 0 radical (unpaired) electrons. The molecule has 1 aromatic carbocycles. The molecule has 0 unspecified atom stereocenters. The number of fused-ring (bicyclic) bond motifs is 5. The third-order valence-corrected chi connectivity index (χ3v) is 6.84. The van der Waals surface area contributed by atoms with Gasteiger partial charge in [-0.2, -0.15) is 9.97 Å². The standard InChI is InChI=1S/C23H23FN8O3/c1-10-26-7-14(8-27-10)35-22-30-20-18(15-4-12(24)5-17(25-2)19(15)29-20)21(31-22)32-9-11-3-13(32)6-16(11)28-23(33)34/h4-5,7-8,11,13,16,25,28H,3,6,9H2,1-2H3,(H,33,34)(H,29,30,31)/t11-,13-,16-/m1/s1. The van der Waals surface area contributed by atoms with Crippen LogP contribution in [0.25, 0.3) is 21.9 Å². The number of benzene rings is 1. The van der Waals surface area contributed by atoms with Crippen molar-refractivity contribution in [3.63, 3.8) is 0 Å². The average molecular weight is 478 g/mol. The molecule has 4 heterocycles. The number of H-pyrrole nitrogens is 1. The summed E-state index contributed by atoms with van der Waals surface area (Å²) in [5.41, 5.74) is 1.83. The van der Waals surface area contributed by atoms with Crippen molar-refractivity contribution in [3.8, 4) is 11.8 Å². The molecule has 1 aliphatic carbocycles. The van der Waals surface area contributed by atoms with Crippen molar-refractivity contribution in [1.29, 1.82) is 0 Å². The Balaban J connectivity index is 1.48. The number of aromatic nitrogens is 5. The van der Waals surface area contributed by atoms with Gasteiger partial charge in [-0.1, -0.05) is 0 Å². The molecular formula is C23H23FN8O3. The number of nitrogens with one attached hydrogen (secondary N) is 3. The fraction of sp³-hybridized carbons (Fsp3) is 0.348. The molecule has 4 N–H and O–H groups in total. The van der Waals surface area contributed by atoms with Crippen molar-refractivity contribution < 1.29 is 19.0 Å². The van der Waals surface area contributed by atoms with Crippen molar-refractivity contribution >= 4 is 39.5 Å². The van der Waals surface area contributed by atoms with Crippen LogP contribution >= 0.6 is 0 Å². The van der Waals surface area contributed by atoms with Gasteiger partial charge >= 0.3 is 12.1 Å². The second kappa shape index (κ2) is 7.93. The van der Waals surface area contributed by atoms with E-state index in [-0.39, 0.29) is 29.8 Å². The molecule has 3 atom stereocenters. The Hall–Kier alpha value is -4.22. The minimum Gasteiger partial charge on any atom is -0.465 e. The highest BCUT2D eigenvalue weighted by molar-refractivity contribution is 6.14. The summed E-state index contributed by atoms with van der Waals surface area (Å²) in [4.78, 5) is 34.3. The van der Waals surface area contributed by atoms with Gasteiger partial charge in [-0.3, -0.25) is 0 Å². The van der Waals surface area contributed by atoms with Gasteiger partial charge in [-0.25, -0.2) is 19.2 Å². The summed E-state index contributed by atoms with van der Waals surface area (Å²) in [7, 11) is 1.73. The first-order valence-electron chi connectivity index (χ1n) is 11.3. The van der Waals surface area contributed by atoms with Gasteiger partial charge in [0, 0.05) is 31.1 Å². The van der Waals surface area contributed by atoms with Crippen LogP contribution in [-0.4, -0.2) is 61.8 Å². The molecule has 35 heavy (non-hydrogen) atoms. The predicted molar refractivity (Wildman–Crippen MR) is 127 cm³/mol. The lowest BCUT2D eigenvalue weighted by molar-refractivity contribution is 0.186. The topological polar surface area (TPSA) is 141 Å². The number of anilines is 2. The maximum Gasteiger partial charge on any atom is 0.404 e. The zero-order valence-corrected chi connectivity index (χ0v) is 19.0. The summed E-state index contributed by atoms with van der Waals surface area (Å²) >= 11 is 0. The summed E-state index contributed by atoms with van der Waals surface area (Å²) in [6.07, 6.45) is 3.60. The molecular weight excluding hydrogens is 455 g/mol. The number of amides is 1. The van der Waals surface area contributed by atoms with Gasteiger partial charge in [0.2, 0.25) is 0 Å². The van der Waals surface area contributed by atoms with Crippen molar-refractivity contribution in [2.24, 2.45) is 5.92 Å². The molecule has 1 aliphatic heterocycles. The van der Waals surface area contributed by atoms with Crippen LogP contribution in [-0.2, 0) is 0 Å². The highest BCUT2D eigenvalue weighted by atomic mass is 19.1. The number of hydrogen-bond donors (Lipinski definition) is 4. The van der Waals surface area contributed by atoms with Crippen molar-refractivity contribution in [2.45, 2.75) is 31.8 Å². The van der Waals surface area contributed by atoms with E-state index >= 15 is 0 Å². The van der Waals surface area contributed by atoms with Crippen LogP contribution in [0.5, 0.6) is 11.8 Å². The second-order valence-electron chi connectivity index (χ2n) is 8.97. The molecule has 2 aliphatic rings. The van der Waals surface area contributed by atoms with Crippen LogP contribution in [0.15, 0.2) is 24.5 Å². The number of halogens is 1. The van der Waals surface area contributed by atoms with Crippen LogP contribution in [0.4, 0.5) is 20.7 Å². The molecule has 2 bridgehead atoms. The molecule has 11 nitrogen and oxygen atoms in total. The molecule has 1 saturated heterocycles. The van der Waals surface area contributed by atoms with Gasteiger partial charge in [0.1, 0.15) is 23.1 Å². The van der Waals surface area contributed by atoms with Gasteiger partial charge in [0.15, 0.2) is 5.75 Å². The van der Waals surface area contributed by atoms with Crippen LogP contribution in [0.3, 0.4) is 0 Å². The first-order valence-corrected chi connectivity index (χ1v) is 11.3. The maximum absolute atomic E-state index is 14.5. The summed E-state index contributed by atoms with van der Waals surface area (Å²) in [5, 5.41) is 16.2. The number of ether oxygens (including phenoxy) is 1. The van der Waals surface area contributed by atoms with E-state index in [1.807, 2.05) is 0 Å². The van der Waals surface area contributed by atoms with Crippen molar-refractivity contribution in [2.75, 3.05) is 23.8 Å². The molecule has 6 rings (SSSR count). The van der Waals surface area contributed by atoms with Crippen LogP contribution in [0.1, 0.15) is 18.7 Å².